The molecular weight excluding hydrogens is 352 g/mol. The minimum Gasteiger partial charge on any atom is -0.477 e. The van der Waals surface area contributed by atoms with Crippen LogP contribution in [0.4, 0.5) is 14.5 Å². The molecule has 23 heavy (non-hydrogen) atoms. The van der Waals surface area contributed by atoms with E-state index in [-0.39, 0.29) is 20.5 Å². The molecule has 0 saturated carbocycles. The monoisotopic (exact) mass is 363 g/mol. The van der Waals surface area contributed by atoms with Crippen LogP contribution in [0, 0.1) is 6.92 Å². The van der Waals surface area contributed by atoms with Crippen molar-refractivity contribution in [3.63, 3.8) is 0 Å². The number of hydrogen-bond acceptors (Lipinski definition) is 5. The lowest BCUT2D eigenvalue weighted by molar-refractivity contribution is -0.0498. The van der Waals surface area contributed by atoms with Gasteiger partial charge >= 0.3 is 12.6 Å². The van der Waals surface area contributed by atoms with E-state index >= 15 is 0 Å². The predicted molar refractivity (Wildman–Crippen MR) is 79.9 cm³/mol. The Morgan fingerprint density at radius 1 is 1.35 bits per heavy atom. The molecule has 1 heterocycles. The number of carboxylic acid groups (broad SMARTS) is 1. The third kappa shape index (κ3) is 4.17. The zero-order valence-electron chi connectivity index (χ0n) is 11.6. The van der Waals surface area contributed by atoms with Gasteiger partial charge in [0.2, 0.25) is 0 Å². The van der Waals surface area contributed by atoms with Crippen LogP contribution in [-0.2, 0) is 10.0 Å². The number of hydrogen-bond donors (Lipinski definition) is 2. The highest BCUT2D eigenvalue weighted by atomic mass is 32.2. The van der Waals surface area contributed by atoms with Crippen molar-refractivity contribution in [3.8, 4) is 5.75 Å². The second-order valence-corrected chi connectivity index (χ2v) is 7.36. The number of ether oxygens (including phenoxy) is 1. The number of sulfonamides is 1. The van der Waals surface area contributed by atoms with Crippen LogP contribution in [0.15, 0.2) is 34.5 Å². The fourth-order valence-corrected chi connectivity index (χ4v) is 4.17. The summed E-state index contributed by atoms with van der Waals surface area (Å²) < 4.78 is 55.0. The fraction of sp³-hybridized carbons (Fsp3) is 0.154. The molecule has 0 aliphatic carbocycles. The summed E-state index contributed by atoms with van der Waals surface area (Å²) >= 11 is 0.607. The molecule has 0 bridgehead atoms. The second kappa shape index (κ2) is 6.50. The standard InChI is InChI=1S/C13H11F2NO5S2/c1-7-5-10(22-11(7)12(17)18)23(19,20)16-8-3-2-4-9(6-8)21-13(14)15/h2-6,13,16H,1H3,(H,17,18). The molecule has 0 atom stereocenters. The number of rotatable bonds is 6. The number of anilines is 1. The molecule has 124 valence electrons. The summed E-state index contributed by atoms with van der Waals surface area (Å²) in [6.07, 6.45) is 0. The smallest absolute Gasteiger partial charge is 0.387 e. The number of carboxylic acids is 1. The SMILES string of the molecule is Cc1cc(S(=O)(=O)Nc2cccc(OC(F)F)c2)sc1C(=O)O. The van der Waals surface area contributed by atoms with Crippen LogP contribution in [0.5, 0.6) is 5.75 Å². The van der Waals surface area contributed by atoms with Gasteiger partial charge in [0, 0.05) is 6.07 Å². The molecule has 1 aromatic heterocycles. The number of alkyl halides is 2. The van der Waals surface area contributed by atoms with Crippen molar-refractivity contribution in [2.75, 3.05) is 4.72 Å². The van der Waals surface area contributed by atoms with E-state index in [1.807, 2.05) is 0 Å². The Morgan fingerprint density at radius 2 is 2.04 bits per heavy atom. The molecule has 0 aliphatic rings. The summed E-state index contributed by atoms with van der Waals surface area (Å²) in [5.74, 6) is -1.42. The van der Waals surface area contributed by atoms with Crippen LogP contribution in [0.3, 0.4) is 0 Å². The molecule has 1 aromatic carbocycles. The first-order valence-electron chi connectivity index (χ1n) is 6.10. The molecule has 0 radical (unpaired) electrons. The number of benzene rings is 1. The first-order valence-corrected chi connectivity index (χ1v) is 8.40. The van der Waals surface area contributed by atoms with E-state index in [0.717, 1.165) is 6.07 Å². The van der Waals surface area contributed by atoms with Gasteiger partial charge in [-0.25, -0.2) is 13.2 Å². The van der Waals surface area contributed by atoms with Gasteiger partial charge in [-0.3, -0.25) is 4.72 Å². The van der Waals surface area contributed by atoms with Gasteiger partial charge in [-0.05, 0) is 30.7 Å². The van der Waals surface area contributed by atoms with Crippen molar-refractivity contribution in [1.82, 2.24) is 0 Å². The molecular formula is C13H11F2NO5S2. The summed E-state index contributed by atoms with van der Waals surface area (Å²) in [7, 11) is -4.03. The van der Waals surface area contributed by atoms with Gasteiger partial charge in [0.25, 0.3) is 10.0 Å². The summed E-state index contributed by atoms with van der Waals surface area (Å²) in [6.45, 7) is -1.55. The van der Waals surface area contributed by atoms with Crippen LogP contribution in [0.25, 0.3) is 0 Å². The summed E-state index contributed by atoms with van der Waals surface area (Å²) in [4.78, 5) is 10.9. The minimum absolute atomic E-state index is 0.0195. The fourth-order valence-electron chi connectivity index (χ4n) is 1.74. The summed E-state index contributed by atoms with van der Waals surface area (Å²) in [5, 5.41) is 8.96. The van der Waals surface area contributed by atoms with Gasteiger partial charge in [0.05, 0.1) is 5.69 Å². The van der Waals surface area contributed by atoms with E-state index in [0.29, 0.717) is 16.9 Å². The Morgan fingerprint density at radius 3 is 2.61 bits per heavy atom. The lowest BCUT2D eigenvalue weighted by Gasteiger charge is -2.09. The molecule has 10 heteroatoms. The quantitative estimate of drug-likeness (QED) is 0.822. The van der Waals surface area contributed by atoms with Crippen LogP contribution >= 0.6 is 11.3 Å². The second-order valence-electron chi connectivity index (χ2n) is 4.39. The van der Waals surface area contributed by atoms with Gasteiger partial charge in [0.1, 0.15) is 14.8 Å². The Hall–Kier alpha value is -2.20. The van der Waals surface area contributed by atoms with Crippen LogP contribution in [0.1, 0.15) is 15.2 Å². The molecule has 0 saturated heterocycles. The van der Waals surface area contributed by atoms with Crippen molar-refractivity contribution < 1.29 is 31.8 Å². The Balaban J connectivity index is 2.28. The summed E-state index contributed by atoms with van der Waals surface area (Å²) in [6, 6.07) is 6.28. The van der Waals surface area contributed by atoms with Gasteiger partial charge < -0.3 is 9.84 Å². The Bertz CT molecular complexity index is 833. The molecule has 0 fully saturated rings. The minimum atomic E-state index is -4.03. The lowest BCUT2D eigenvalue weighted by Crippen LogP contribution is -2.11. The van der Waals surface area contributed by atoms with E-state index in [9.17, 15) is 22.0 Å². The predicted octanol–water partition coefficient (Wildman–Crippen LogP) is 3.16. The maximum absolute atomic E-state index is 12.2. The molecule has 0 spiro atoms. The first kappa shape index (κ1) is 17.2. The number of nitrogens with one attached hydrogen (secondary N) is 1. The molecule has 2 rings (SSSR count). The topological polar surface area (TPSA) is 92.7 Å². The van der Waals surface area contributed by atoms with E-state index in [1.165, 1.54) is 31.2 Å². The van der Waals surface area contributed by atoms with Gasteiger partial charge in [-0.15, -0.1) is 11.3 Å². The first-order chi connectivity index (χ1) is 10.7. The van der Waals surface area contributed by atoms with E-state index < -0.39 is 22.6 Å². The largest absolute Gasteiger partial charge is 0.477 e. The van der Waals surface area contributed by atoms with Crippen molar-refractivity contribution in [3.05, 3.63) is 40.8 Å². The maximum Gasteiger partial charge on any atom is 0.387 e. The number of thiophene rings is 1. The van der Waals surface area contributed by atoms with Crippen molar-refractivity contribution in [1.29, 1.82) is 0 Å². The van der Waals surface area contributed by atoms with Crippen LogP contribution < -0.4 is 9.46 Å². The zero-order valence-corrected chi connectivity index (χ0v) is 13.2. The van der Waals surface area contributed by atoms with E-state index in [4.69, 9.17) is 5.11 Å². The molecule has 0 unspecified atom stereocenters. The molecule has 2 N–H and O–H groups in total. The average molecular weight is 363 g/mol. The molecule has 0 aliphatic heterocycles. The number of aryl methyl sites for hydroxylation is 1. The lowest BCUT2D eigenvalue weighted by atomic mass is 10.3. The number of carbonyl (C=O) groups is 1. The van der Waals surface area contributed by atoms with Crippen LogP contribution in [-0.4, -0.2) is 26.1 Å². The van der Waals surface area contributed by atoms with Gasteiger partial charge in [-0.2, -0.15) is 8.78 Å². The zero-order chi connectivity index (χ0) is 17.2. The Labute approximate surface area is 134 Å². The number of aromatic carboxylic acids is 1. The highest BCUT2D eigenvalue weighted by molar-refractivity contribution is 7.94. The van der Waals surface area contributed by atoms with Crippen molar-refractivity contribution >= 4 is 33.0 Å². The van der Waals surface area contributed by atoms with E-state index in [2.05, 4.69) is 9.46 Å². The van der Waals surface area contributed by atoms with E-state index in [1.54, 1.807) is 0 Å². The normalized spacial score (nSPS) is 11.5. The highest BCUT2D eigenvalue weighted by Crippen LogP contribution is 2.28. The van der Waals surface area contributed by atoms with Gasteiger partial charge in [0.15, 0.2) is 0 Å². The van der Waals surface area contributed by atoms with Crippen molar-refractivity contribution in [2.45, 2.75) is 17.7 Å². The molecule has 0 amide bonds. The molecule has 2 aromatic rings. The third-order valence-electron chi connectivity index (χ3n) is 2.67. The van der Waals surface area contributed by atoms with Crippen LogP contribution in [0.2, 0.25) is 0 Å². The number of halogens is 2. The average Bonchev–Trinajstić information content (AvgIpc) is 2.81. The Kier molecular flexibility index (Phi) is 4.85. The summed E-state index contributed by atoms with van der Waals surface area (Å²) in [5.41, 5.74) is 0.337. The van der Waals surface area contributed by atoms with Gasteiger partial charge in [-0.1, -0.05) is 6.07 Å². The molecule has 6 nitrogen and oxygen atoms in total. The highest BCUT2D eigenvalue weighted by Gasteiger charge is 2.22. The third-order valence-corrected chi connectivity index (χ3v) is 5.75. The van der Waals surface area contributed by atoms with Crippen molar-refractivity contribution in [2.24, 2.45) is 0 Å². The maximum atomic E-state index is 12.2.